The number of thioether (sulfide) groups is 1. The van der Waals surface area contributed by atoms with Crippen LogP contribution in [-0.2, 0) is 23.0 Å². The maximum atomic E-state index is 12.8. The molecule has 2 aromatic heterocycles. The molecule has 1 aliphatic rings. The zero-order chi connectivity index (χ0) is 21.3. The molecule has 158 valence electrons. The SMILES string of the molecule is CCn1c(SCC(=O)c2ccc3c(c2)CCN3S(=O)(=O)CC)nnc1-c1ccco1. The summed E-state index contributed by atoms with van der Waals surface area (Å²) >= 11 is 1.33. The largest absolute Gasteiger partial charge is 0.461 e. The van der Waals surface area contributed by atoms with Crippen molar-refractivity contribution in [2.24, 2.45) is 0 Å². The number of sulfonamides is 1. The Labute approximate surface area is 179 Å². The van der Waals surface area contributed by atoms with Gasteiger partial charge in [-0.05, 0) is 56.2 Å². The summed E-state index contributed by atoms with van der Waals surface area (Å²) < 4.78 is 33.2. The van der Waals surface area contributed by atoms with E-state index < -0.39 is 10.0 Å². The van der Waals surface area contributed by atoms with Crippen LogP contribution >= 0.6 is 11.8 Å². The van der Waals surface area contributed by atoms with Gasteiger partial charge in [-0.2, -0.15) is 0 Å². The van der Waals surface area contributed by atoms with Crippen LogP contribution in [-0.4, -0.2) is 47.0 Å². The normalized spacial score (nSPS) is 13.6. The van der Waals surface area contributed by atoms with E-state index >= 15 is 0 Å². The van der Waals surface area contributed by atoms with Gasteiger partial charge in [0.05, 0.1) is 23.5 Å². The third kappa shape index (κ3) is 3.77. The zero-order valence-electron chi connectivity index (χ0n) is 16.7. The predicted molar refractivity (Wildman–Crippen MR) is 115 cm³/mol. The number of Topliss-reactive ketones (excluding diaryl/α,β-unsaturated/α-hetero) is 1. The minimum atomic E-state index is -3.30. The van der Waals surface area contributed by atoms with E-state index in [4.69, 9.17) is 4.42 Å². The first-order valence-electron chi connectivity index (χ1n) is 9.71. The van der Waals surface area contributed by atoms with Gasteiger partial charge in [0.15, 0.2) is 22.5 Å². The van der Waals surface area contributed by atoms with Crippen LogP contribution in [0.15, 0.2) is 46.2 Å². The molecule has 0 unspecified atom stereocenters. The van der Waals surface area contributed by atoms with E-state index in [1.807, 2.05) is 23.6 Å². The van der Waals surface area contributed by atoms with Crippen molar-refractivity contribution in [1.29, 1.82) is 0 Å². The number of aromatic nitrogens is 3. The lowest BCUT2D eigenvalue weighted by molar-refractivity contribution is 0.102. The van der Waals surface area contributed by atoms with Crippen molar-refractivity contribution in [3.8, 4) is 11.6 Å². The molecule has 0 saturated carbocycles. The summed E-state index contributed by atoms with van der Waals surface area (Å²) in [7, 11) is -3.30. The van der Waals surface area contributed by atoms with Crippen LogP contribution in [0.25, 0.3) is 11.6 Å². The lowest BCUT2D eigenvalue weighted by Crippen LogP contribution is -2.30. The molecule has 0 radical (unpaired) electrons. The highest BCUT2D eigenvalue weighted by Crippen LogP contribution is 2.32. The van der Waals surface area contributed by atoms with Crippen LogP contribution in [0, 0.1) is 0 Å². The summed E-state index contributed by atoms with van der Waals surface area (Å²) in [5.74, 6) is 1.50. The highest BCUT2D eigenvalue weighted by Gasteiger charge is 2.28. The van der Waals surface area contributed by atoms with Gasteiger partial charge in [-0.3, -0.25) is 13.7 Å². The molecule has 1 aromatic carbocycles. The fraction of sp³-hybridized carbons (Fsp3) is 0.350. The second kappa shape index (κ2) is 8.27. The zero-order valence-corrected chi connectivity index (χ0v) is 18.4. The third-order valence-corrected chi connectivity index (χ3v) is 7.81. The number of ketones is 1. The van der Waals surface area contributed by atoms with Crippen LogP contribution in [0.2, 0.25) is 0 Å². The molecule has 0 aliphatic carbocycles. The number of rotatable bonds is 8. The Morgan fingerprint density at radius 3 is 2.77 bits per heavy atom. The van der Waals surface area contributed by atoms with Gasteiger partial charge in [-0.25, -0.2) is 8.42 Å². The van der Waals surface area contributed by atoms with E-state index in [-0.39, 0.29) is 17.3 Å². The molecule has 4 rings (SSSR count). The number of hydrogen-bond donors (Lipinski definition) is 0. The van der Waals surface area contributed by atoms with E-state index in [9.17, 15) is 13.2 Å². The van der Waals surface area contributed by atoms with Gasteiger partial charge in [0.25, 0.3) is 0 Å². The molecule has 0 atom stereocenters. The van der Waals surface area contributed by atoms with Crippen molar-refractivity contribution in [3.05, 3.63) is 47.7 Å². The summed E-state index contributed by atoms with van der Waals surface area (Å²) in [4.78, 5) is 12.8. The molecule has 0 fully saturated rings. The number of fused-ring (bicyclic) bond motifs is 1. The van der Waals surface area contributed by atoms with Gasteiger partial charge in [0.2, 0.25) is 10.0 Å². The molecule has 30 heavy (non-hydrogen) atoms. The Balaban J connectivity index is 1.48. The van der Waals surface area contributed by atoms with Crippen LogP contribution < -0.4 is 4.31 Å². The van der Waals surface area contributed by atoms with E-state index in [1.165, 1.54) is 16.1 Å². The highest BCUT2D eigenvalue weighted by molar-refractivity contribution is 7.99. The summed E-state index contributed by atoms with van der Waals surface area (Å²) in [6, 6.07) is 8.85. The molecule has 0 N–H and O–H groups in total. The molecule has 0 saturated heterocycles. The van der Waals surface area contributed by atoms with Crippen LogP contribution in [0.5, 0.6) is 0 Å². The third-order valence-electron chi connectivity index (χ3n) is 5.06. The number of nitrogens with zero attached hydrogens (tertiary/aromatic N) is 4. The fourth-order valence-electron chi connectivity index (χ4n) is 3.47. The van der Waals surface area contributed by atoms with Gasteiger partial charge in [-0.15, -0.1) is 10.2 Å². The quantitative estimate of drug-likeness (QED) is 0.387. The first kappa shape index (κ1) is 20.7. The molecule has 0 bridgehead atoms. The smallest absolute Gasteiger partial charge is 0.234 e. The van der Waals surface area contributed by atoms with E-state index in [1.54, 1.807) is 31.4 Å². The Morgan fingerprint density at radius 1 is 1.23 bits per heavy atom. The van der Waals surface area contributed by atoms with Crippen molar-refractivity contribution < 1.29 is 17.6 Å². The van der Waals surface area contributed by atoms with Crippen molar-refractivity contribution >= 4 is 33.3 Å². The van der Waals surface area contributed by atoms with Gasteiger partial charge >= 0.3 is 0 Å². The second-order valence-corrected chi connectivity index (χ2v) is 9.93. The van der Waals surface area contributed by atoms with E-state index in [0.717, 1.165) is 5.56 Å². The summed E-state index contributed by atoms with van der Waals surface area (Å²) in [5, 5.41) is 9.05. The maximum absolute atomic E-state index is 12.8. The first-order chi connectivity index (χ1) is 14.4. The Bertz CT molecular complexity index is 1170. The number of furan rings is 1. The standard InChI is InChI=1S/C20H22N4O4S2/c1-3-23-19(18-6-5-11-28-18)21-22-20(23)29-13-17(25)15-7-8-16-14(12-15)9-10-24(16)30(26,27)4-2/h5-8,11-12H,3-4,9-10,13H2,1-2H3. The van der Waals surface area contributed by atoms with Crippen molar-refractivity contribution in [2.75, 3.05) is 22.4 Å². The average molecular weight is 447 g/mol. The molecule has 0 spiro atoms. The minimum Gasteiger partial charge on any atom is -0.461 e. The highest BCUT2D eigenvalue weighted by atomic mass is 32.2. The van der Waals surface area contributed by atoms with Crippen LogP contribution in [0.4, 0.5) is 5.69 Å². The number of carbonyl (C=O) groups excluding carboxylic acids is 1. The summed E-state index contributed by atoms with van der Waals surface area (Å²) in [6.45, 7) is 4.69. The molecule has 0 amide bonds. The molecular weight excluding hydrogens is 424 g/mol. The average Bonchev–Trinajstić information content (AvgIpc) is 3.50. The number of anilines is 1. The van der Waals surface area contributed by atoms with Crippen LogP contribution in [0.1, 0.15) is 29.8 Å². The molecule has 3 heterocycles. The van der Waals surface area contributed by atoms with Gasteiger partial charge in [0, 0.05) is 18.7 Å². The molecule has 1 aliphatic heterocycles. The first-order valence-corrected chi connectivity index (χ1v) is 12.3. The van der Waals surface area contributed by atoms with E-state index in [2.05, 4.69) is 10.2 Å². The molecule has 3 aromatic rings. The fourth-order valence-corrected chi connectivity index (χ4v) is 5.53. The van der Waals surface area contributed by atoms with Crippen molar-refractivity contribution in [3.63, 3.8) is 0 Å². The monoisotopic (exact) mass is 446 g/mol. The molecule has 8 nitrogen and oxygen atoms in total. The topological polar surface area (TPSA) is 98.3 Å². The second-order valence-electron chi connectivity index (χ2n) is 6.81. The summed E-state index contributed by atoms with van der Waals surface area (Å²) in [6.07, 6.45) is 2.20. The molecular formula is C20H22N4O4S2. The Kier molecular flexibility index (Phi) is 5.70. The number of benzene rings is 1. The van der Waals surface area contributed by atoms with Crippen LogP contribution in [0.3, 0.4) is 0 Å². The van der Waals surface area contributed by atoms with Gasteiger partial charge in [0.1, 0.15) is 0 Å². The Hall–Kier alpha value is -2.59. The predicted octanol–water partition coefficient (Wildman–Crippen LogP) is 3.25. The lowest BCUT2D eigenvalue weighted by Gasteiger charge is -2.18. The minimum absolute atomic E-state index is 0.0372. The number of hydrogen-bond acceptors (Lipinski definition) is 7. The van der Waals surface area contributed by atoms with Crippen molar-refractivity contribution in [1.82, 2.24) is 14.8 Å². The number of carbonyl (C=O) groups is 1. The van der Waals surface area contributed by atoms with E-state index in [0.29, 0.717) is 47.5 Å². The maximum Gasteiger partial charge on any atom is 0.234 e. The van der Waals surface area contributed by atoms with Gasteiger partial charge in [-0.1, -0.05) is 11.8 Å². The summed E-state index contributed by atoms with van der Waals surface area (Å²) in [5.41, 5.74) is 2.14. The van der Waals surface area contributed by atoms with Gasteiger partial charge < -0.3 is 4.42 Å². The lowest BCUT2D eigenvalue weighted by atomic mass is 10.1. The Morgan fingerprint density at radius 2 is 2.07 bits per heavy atom. The molecule has 10 heteroatoms. The van der Waals surface area contributed by atoms with Crippen molar-refractivity contribution in [2.45, 2.75) is 32.0 Å².